The number of halogens is 1. The Morgan fingerprint density at radius 2 is 2.56 bits per heavy atom. The average Bonchev–Trinajstić information content (AvgIpc) is 2.15. The van der Waals surface area contributed by atoms with Crippen LogP contribution < -0.4 is 4.84 Å². The maximum absolute atomic E-state index is 5.20. The third kappa shape index (κ3) is 2.21. The van der Waals surface area contributed by atoms with Gasteiger partial charge in [0.2, 0.25) is 0 Å². The summed E-state index contributed by atoms with van der Waals surface area (Å²) in [6.07, 6.45) is 5.06. The minimum absolute atomic E-state index is 0.178. The summed E-state index contributed by atoms with van der Waals surface area (Å²) in [7, 11) is 0. The molecule has 3 nitrogen and oxygen atoms in total. The van der Waals surface area contributed by atoms with Crippen molar-refractivity contribution in [2.75, 3.05) is 0 Å². The second-order valence-electron chi connectivity index (χ2n) is 1.57. The highest BCUT2D eigenvalue weighted by Gasteiger charge is 1.93. The largest absolute Gasteiger partial charge is 0.399 e. The molecule has 0 N–H and O–H groups in total. The molecule has 0 fully saturated rings. The van der Waals surface area contributed by atoms with Gasteiger partial charge in [-0.1, -0.05) is 0 Å². The number of hydrogen-bond acceptors (Lipinski definition) is 2. The number of aromatic nitrogens is 2. The molecule has 0 amide bonds. The van der Waals surface area contributed by atoms with Crippen molar-refractivity contribution in [3.05, 3.63) is 18.7 Å². The van der Waals surface area contributed by atoms with Gasteiger partial charge in [0.05, 0.1) is 6.20 Å². The van der Waals surface area contributed by atoms with Crippen molar-refractivity contribution >= 4 is 22.6 Å². The minimum atomic E-state index is 0.178. The Bertz CT molecular complexity index is 161. The molecule has 0 aliphatic heterocycles. The van der Waals surface area contributed by atoms with E-state index in [1.807, 2.05) is 6.92 Å². The number of alkyl halides is 1. The van der Waals surface area contributed by atoms with Gasteiger partial charge in [-0.15, -0.1) is 0 Å². The molecule has 4 heteroatoms. The number of rotatable bonds is 2. The van der Waals surface area contributed by atoms with E-state index in [-0.39, 0.29) is 4.11 Å². The second kappa shape index (κ2) is 3.05. The molecule has 1 aromatic rings. The van der Waals surface area contributed by atoms with E-state index in [0.717, 1.165) is 0 Å². The van der Waals surface area contributed by atoms with Crippen molar-refractivity contribution in [3.63, 3.8) is 0 Å². The van der Waals surface area contributed by atoms with Crippen LogP contribution in [0, 0.1) is 0 Å². The molecule has 0 radical (unpaired) electrons. The Labute approximate surface area is 67.1 Å². The smallest absolute Gasteiger partial charge is 0.172 e. The molecule has 0 spiro atoms. The fourth-order valence-corrected chi connectivity index (χ4v) is 0.740. The van der Waals surface area contributed by atoms with E-state index in [1.54, 1.807) is 23.5 Å². The fourth-order valence-electron chi connectivity index (χ4n) is 0.477. The average molecular weight is 238 g/mol. The van der Waals surface area contributed by atoms with Gasteiger partial charge in [0, 0.05) is 6.20 Å². The van der Waals surface area contributed by atoms with E-state index in [9.17, 15) is 0 Å². The van der Waals surface area contributed by atoms with Crippen LogP contribution in [0.4, 0.5) is 0 Å². The van der Waals surface area contributed by atoms with Crippen LogP contribution in [0.2, 0.25) is 0 Å². The Kier molecular flexibility index (Phi) is 2.32. The van der Waals surface area contributed by atoms with Crippen molar-refractivity contribution in [2.45, 2.75) is 11.0 Å². The summed E-state index contributed by atoms with van der Waals surface area (Å²) in [5.74, 6) is 0. The van der Waals surface area contributed by atoms with E-state index < -0.39 is 0 Å². The van der Waals surface area contributed by atoms with Gasteiger partial charge in [0.1, 0.15) is 6.33 Å². The molecule has 1 rings (SSSR count). The molecule has 50 valence electrons. The van der Waals surface area contributed by atoms with Crippen LogP contribution in [-0.2, 0) is 0 Å². The summed E-state index contributed by atoms with van der Waals surface area (Å²) in [5, 5.41) is 0. The molecule has 0 aliphatic rings. The van der Waals surface area contributed by atoms with E-state index in [4.69, 9.17) is 4.84 Å². The molecule has 0 aromatic carbocycles. The van der Waals surface area contributed by atoms with Gasteiger partial charge in [0.15, 0.2) is 4.11 Å². The Hall–Kier alpha value is -0.260. The number of nitrogens with zero attached hydrogens (tertiary/aromatic N) is 2. The number of imidazole rings is 1. The van der Waals surface area contributed by atoms with Crippen LogP contribution in [0.25, 0.3) is 0 Å². The molecule has 1 unspecified atom stereocenters. The maximum Gasteiger partial charge on any atom is 0.172 e. The van der Waals surface area contributed by atoms with Crippen LogP contribution in [0.5, 0.6) is 0 Å². The highest BCUT2D eigenvalue weighted by atomic mass is 127. The molecule has 9 heavy (non-hydrogen) atoms. The Balaban J connectivity index is 2.48. The monoisotopic (exact) mass is 238 g/mol. The lowest BCUT2D eigenvalue weighted by molar-refractivity contribution is 0.109. The minimum Gasteiger partial charge on any atom is -0.399 e. The summed E-state index contributed by atoms with van der Waals surface area (Å²) in [4.78, 5) is 9.00. The lowest BCUT2D eigenvalue weighted by atomic mass is 10.9. The predicted molar refractivity (Wildman–Crippen MR) is 42.3 cm³/mol. The first-order chi connectivity index (χ1) is 4.29. The zero-order chi connectivity index (χ0) is 6.69. The molecule has 0 saturated carbocycles. The summed E-state index contributed by atoms with van der Waals surface area (Å²) in [5.41, 5.74) is 0. The first-order valence-corrected chi connectivity index (χ1v) is 3.83. The van der Waals surface area contributed by atoms with Gasteiger partial charge in [-0.25, -0.2) is 4.98 Å². The molecule has 0 aliphatic carbocycles. The normalized spacial score (nSPS) is 13.1. The summed E-state index contributed by atoms with van der Waals surface area (Å²) in [6.45, 7) is 1.96. The zero-order valence-corrected chi connectivity index (χ0v) is 7.15. The third-order valence-corrected chi connectivity index (χ3v) is 0.975. The molecule has 1 atom stereocenters. The van der Waals surface area contributed by atoms with Gasteiger partial charge >= 0.3 is 0 Å². The van der Waals surface area contributed by atoms with E-state index in [0.29, 0.717) is 0 Å². The van der Waals surface area contributed by atoms with Crippen LogP contribution in [-0.4, -0.2) is 13.8 Å². The van der Waals surface area contributed by atoms with Crippen molar-refractivity contribution < 1.29 is 4.84 Å². The first kappa shape index (κ1) is 6.85. The van der Waals surface area contributed by atoms with Crippen LogP contribution in [0.3, 0.4) is 0 Å². The number of hydrogen-bond donors (Lipinski definition) is 0. The standard InChI is InChI=1S/C5H7IN2O/c1-5(6)9-8-3-2-7-4-8/h2-5H,1H3. The van der Waals surface area contributed by atoms with E-state index in [2.05, 4.69) is 27.6 Å². The van der Waals surface area contributed by atoms with Crippen molar-refractivity contribution in [3.8, 4) is 0 Å². The quantitative estimate of drug-likeness (QED) is 0.569. The highest BCUT2D eigenvalue weighted by Crippen LogP contribution is 1.95. The van der Waals surface area contributed by atoms with Crippen LogP contribution in [0.15, 0.2) is 18.7 Å². The Morgan fingerprint density at radius 3 is 3.00 bits per heavy atom. The summed E-state index contributed by atoms with van der Waals surface area (Å²) < 4.78 is 1.76. The van der Waals surface area contributed by atoms with Crippen molar-refractivity contribution in [1.82, 2.24) is 9.71 Å². The zero-order valence-electron chi connectivity index (χ0n) is 4.99. The van der Waals surface area contributed by atoms with E-state index in [1.165, 1.54) is 0 Å². The van der Waals surface area contributed by atoms with Gasteiger partial charge in [-0.2, -0.15) is 4.73 Å². The summed E-state index contributed by atoms with van der Waals surface area (Å²) >= 11 is 2.17. The second-order valence-corrected chi connectivity index (χ2v) is 3.33. The molecule has 0 saturated heterocycles. The molecule has 1 aromatic heterocycles. The summed E-state index contributed by atoms with van der Waals surface area (Å²) in [6, 6.07) is 0. The SMILES string of the molecule is CC(I)On1ccnc1. The van der Waals surface area contributed by atoms with Gasteiger partial charge < -0.3 is 4.84 Å². The van der Waals surface area contributed by atoms with E-state index >= 15 is 0 Å². The lowest BCUT2D eigenvalue weighted by Crippen LogP contribution is -2.14. The molecular weight excluding hydrogens is 231 g/mol. The van der Waals surface area contributed by atoms with Gasteiger partial charge in [-0.05, 0) is 29.5 Å². The predicted octanol–water partition coefficient (Wildman–Crippen LogP) is 1.09. The maximum atomic E-state index is 5.20. The van der Waals surface area contributed by atoms with Gasteiger partial charge in [0.25, 0.3) is 0 Å². The van der Waals surface area contributed by atoms with Crippen molar-refractivity contribution in [2.24, 2.45) is 0 Å². The topological polar surface area (TPSA) is 27.1 Å². The van der Waals surface area contributed by atoms with Crippen LogP contribution >= 0.6 is 22.6 Å². The molecule has 0 bridgehead atoms. The Morgan fingerprint density at radius 1 is 1.78 bits per heavy atom. The lowest BCUT2D eigenvalue weighted by Gasteiger charge is -2.05. The molecule has 1 heterocycles. The first-order valence-electron chi connectivity index (χ1n) is 2.58. The van der Waals surface area contributed by atoms with Gasteiger partial charge in [-0.3, -0.25) is 0 Å². The molecular formula is C5H7IN2O. The van der Waals surface area contributed by atoms with Crippen molar-refractivity contribution in [1.29, 1.82) is 0 Å². The highest BCUT2D eigenvalue weighted by molar-refractivity contribution is 14.1. The fraction of sp³-hybridized carbons (Fsp3) is 0.400. The third-order valence-electron chi connectivity index (χ3n) is 0.747. The van der Waals surface area contributed by atoms with Crippen LogP contribution in [0.1, 0.15) is 6.92 Å².